The summed E-state index contributed by atoms with van der Waals surface area (Å²) in [6.45, 7) is 4.57. The normalized spacial score (nSPS) is 11.1. The van der Waals surface area contributed by atoms with Gasteiger partial charge in [-0.15, -0.1) is 0 Å². The number of carbonyl (C=O) groups is 1. The molecular formula is C25H21N5O3S. The minimum Gasteiger partial charge on any atom is -0.478 e. The predicted octanol–water partition coefficient (Wildman–Crippen LogP) is 5.15. The molecular weight excluding hydrogens is 450 g/mol. The van der Waals surface area contributed by atoms with Crippen molar-refractivity contribution in [3.8, 4) is 33.6 Å². The van der Waals surface area contributed by atoms with Gasteiger partial charge in [0, 0.05) is 23.6 Å². The number of imidazole rings is 1. The van der Waals surface area contributed by atoms with Gasteiger partial charge in [-0.25, -0.2) is 9.78 Å². The number of aromatic nitrogens is 4. The first-order valence-electron chi connectivity index (χ1n) is 10.7. The van der Waals surface area contributed by atoms with Gasteiger partial charge in [0.15, 0.2) is 5.82 Å². The predicted molar refractivity (Wildman–Crippen MR) is 135 cm³/mol. The van der Waals surface area contributed by atoms with Crippen LogP contribution < -0.4 is 10.2 Å². The minimum atomic E-state index is -1.01. The van der Waals surface area contributed by atoms with Gasteiger partial charge in [0.25, 0.3) is 0 Å². The molecule has 2 aromatic heterocycles. The number of benzene rings is 3. The summed E-state index contributed by atoms with van der Waals surface area (Å²) in [5.74, 6) is 0.0742. The number of nitrogens with zero attached hydrogens (tertiary/aromatic N) is 2. The van der Waals surface area contributed by atoms with E-state index in [0.717, 1.165) is 44.9 Å². The molecule has 0 saturated heterocycles. The van der Waals surface area contributed by atoms with Crippen LogP contribution in [0.4, 0.5) is 5.95 Å². The second-order valence-corrected chi connectivity index (χ2v) is 8.55. The van der Waals surface area contributed by atoms with Crippen LogP contribution >= 0.6 is 11.5 Å². The number of anilines is 1. The van der Waals surface area contributed by atoms with Crippen molar-refractivity contribution < 1.29 is 9.90 Å². The zero-order valence-corrected chi connectivity index (χ0v) is 19.3. The Morgan fingerprint density at radius 1 is 1.03 bits per heavy atom. The van der Waals surface area contributed by atoms with Gasteiger partial charge in [-0.3, -0.25) is 9.17 Å². The Balaban J connectivity index is 1.60. The molecule has 5 aromatic rings. The largest absolute Gasteiger partial charge is 0.478 e. The van der Waals surface area contributed by atoms with Crippen LogP contribution in [0.1, 0.15) is 22.8 Å². The Bertz CT molecular complexity index is 1580. The number of rotatable bonds is 6. The molecule has 0 saturated carbocycles. The van der Waals surface area contributed by atoms with E-state index >= 15 is 0 Å². The molecule has 0 aliphatic heterocycles. The number of nitrogens with one attached hydrogen (secondary N) is 3. The Hall–Kier alpha value is -4.24. The second-order valence-electron chi connectivity index (χ2n) is 7.79. The maximum atomic E-state index is 12.0. The van der Waals surface area contributed by atoms with Crippen LogP contribution in [-0.2, 0) is 0 Å². The van der Waals surface area contributed by atoms with Crippen LogP contribution in [0.3, 0.4) is 0 Å². The Morgan fingerprint density at radius 2 is 1.71 bits per heavy atom. The molecule has 9 heteroatoms. The van der Waals surface area contributed by atoms with Crippen LogP contribution in [0, 0.1) is 6.92 Å². The number of hydrogen-bond donors (Lipinski definition) is 4. The summed E-state index contributed by atoms with van der Waals surface area (Å²) >= 11 is 0.961. The summed E-state index contributed by atoms with van der Waals surface area (Å²) in [6, 6.07) is 17.3. The van der Waals surface area contributed by atoms with Gasteiger partial charge in [-0.2, -0.15) is 4.98 Å². The van der Waals surface area contributed by atoms with Gasteiger partial charge in [0.1, 0.15) is 0 Å². The molecule has 8 nitrogen and oxygen atoms in total. The minimum absolute atomic E-state index is 0.175. The fraction of sp³-hybridized carbons (Fsp3) is 0.120. The van der Waals surface area contributed by atoms with Crippen LogP contribution in [-0.4, -0.2) is 36.9 Å². The molecule has 0 aliphatic rings. The van der Waals surface area contributed by atoms with Crippen LogP contribution in [0.2, 0.25) is 0 Å². The maximum Gasteiger partial charge on any atom is 0.344 e. The summed E-state index contributed by atoms with van der Waals surface area (Å²) in [4.78, 5) is 35.0. The van der Waals surface area contributed by atoms with Gasteiger partial charge >= 0.3 is 10.8 Å². The molecule has 34 heavy (non-hydrogen) atoms. The van der Waals surface area contributed by atoms with E-state index in [0.29, 0.717) is 29.4 Å². The molecule has 0 fully saturated rings. The first-order valence-corrected chi connectivity index (χ1v) is 11.5. The van der Waals surface area contributed by atoms with Crippen LogP contribution in [0.15, 0.2) is 59.4 Å². The highest BCUT2D eigenvalue weighted by atomic mass is 32.1. The zero-order chi connectivity index (χ0) is 23.8. The van der Waals surface area contributed by atoms with E-state index in [1.807, 2.05) is 62.4 Å². The van der Waals surface area contributed by atoms with Crippen molar-refractivity contribution in [2.45, 2.75) is 13.8 Å². The van der Waals surface area contributed by atoms with E-state index in [2.05, 4.69) is 24.6 Å². The van der Waals surface area contributed by atoms with E-state index in [1.54, 1.807) is 6.07 Å². The highest BCUT2D eigenvalue weighted by Crippen LogP contribution is 2.35. The van der Waals surface area contributed by atoms with Gasteiger partial charge in [0.2, 0.25) is 5.95 Å². The number of carboxylic acid groups (broad SMARTS) is 1. The molecule has 0 radical (unpaired) electrons. The van der Waals surface area contributed by atoms with Crippen molar-refractivity contribution in [2.75, 3.05) is 11.9 Å². The molecule has 0 unspecified atom stereocenters. The van der Waals surface area contributed by atoms with E-state index in [4.69, 9.17) is 0 Å². The molecule has 0 aliphatic carbocycles. The van der Waals surface area contributed by atoms with Gasteiger partial charge in [-0.1, -0.05) is 48.5 Å². The van der Waals surface area contributed by atoms with E-state index < -0.39 is 5.97 Å². The molecule has 3 aromatic carbocycles. The van der Waals surface area contributed by atoms with E-state index in [-0.39, 0.29) is 10.4 Å². The second kappa shape index (κ2) is 8.60. The maximum absolute atomic E-state index is 12.0. The van der Waals surface area contributed by atoms with Crippen molar-refractivity contribution in [3.05, 3.63) is 75.4 Å². The summed E-state index contributed by atoms with van der Waals surface area (Å²) in [5.41, 5.74) is 6.65. The third-order valence-electron chi connectivity index (χ3n) is 5.72. The highest BCUT2D eigenvalue weighted by Gasteiger charge is 2.19. The van der Waals surface area contributed by atoms with Crippen LogP contribution in [0.25, 0.3) is 44.7 Å². The van der Waals surface area contributed by atoms with Gasteiger partial charge < -0.3 is 15.4 Å². The number of aromatic carboxylic acids is 1. The van der Waals surface area contributed by atoms with Crippen molar-refractivity contribution in [2.24, 2.45) is 0 Å². The lowest BCUT2D eigenvalue weighted by Crippen LogP contribution is -2.00. The van der Waals surface area contributed by atoms with Crippen molar-refractivity contribution in [3.63, 3.8) is 0 Å². The molecule has 0 amide bonds. The smallest absolute Gasteiger partial charge is 0.344 e. The van der Waals surface area contributed by atoms with Crippen molar-refractivity contribution in [1.29, 1.82) is 0 Å². The molecule has 2 heterocycles. The lowest BCUT2D eigenvalue weighted by Gasteiger charge is -2.11. The topological polar surface area (TPSA) is 124 Å². The standard InChI is InChI=1S/C25H21N5O3S/c1-3-26-24-27-20-13(2)18(12-19(23(31)32)21(20)28-24)15-10-8-14(9-11-15)16-6-4-5-7-17(16)22-29-25(33)34-30-22/h4-12H,3H2,1-2H3,(H,31,32)(H2,26,27,28)(H,29,30,33). The van der Waals surface area contributed by atoms with Crippen LogP contribution in [0.5, 0.6) is 0 Å². The molecule has 170 valence electrons. The molecule has 0 spiro atoms. The number of aryl methyl sites for hydroxylation is 1. The molecule has 0 bridgehead atoms. The zero-order valence-electron chi connectivity index (χ0n) is 18.5. The quantitative estimate of drug-likeness (QED) is 0.272. The van der Waals surface area contributed by atoms with E-state index in [9.17, 15) is 14.7 Å². The Kier molecular flexibility index (Phi) is 5.46. The SMILES string of the molecule is CCNc1nc2c(C)c(-c3ccc(-c4ccccc4-c4nc(=O)s[nH]4)cc3)cc(C(=O)O)c2[nH]1. The summed E-state index contributed by atoms with van der Waals surface area (Å²) in [7, 11) is 0. The number of hydrogen-bond acceptors (Lipinski definition) is 6. The lowest BCUT2D eigenvalue weighted by atomic mass is 9.93. The van der Waals surface area contributed by atoms with Gasteiger partial charge in [-0.05, 0) is 47.7 Å². The first-order chi connectivity index (χ1) is 16.5. The third-order valence-corrected chi connectivity index (χ3v) is 6.28. The first kappa shape index (κ1) is 21.6. The Labute approximate surface area is 198 Å². The number of fused-ring (bicyclic) bond motifs is 1. The number of aromatic amines is 2. The van der Waals surface area contributed by atoms with Crippen molar-refractivity contribution >= 4 is 34.5 Å². The highest BCUT2D eigenvalue weighted by molar-refractivity contribution is 7.03. The van der Waals surface area contributed by atoms with Gasteiger partial charge in [0.05, 0.1) is 16.6 Å². The lowest BCUT2D eigenvalue weighted by molar-refractivity contribution is 0.0699. The monoisotopic (exact) mass is 471 g/mol. The fourth-order valence-corrected chi connectivity index (χ4v) is 4.60. The molecule has 4 N–H and O–H groups in total. The average molecular weight is 472 g/mol. The summed E-state index contributed by atoms with van der Waals surface area (Å²) < 4.78 is 2.97. The third kappa shape index (κ3) is 3.75. The number of carboxylic acids is 1. The average Bonchev–Trinajstić information content (AvgIpc) is 3.46. The Morgan fingerprint density at radius 3 is 2.32 bits per heavy atom. The van der Waals surface area contributed by atoms with E-state index in [1.165, 1.54) is 0 Å². The summed E-state index contributed by atoms with van der Waals surface area (Å²) in [6.07, 6.45) is 0. The van der Waals surface area contributed by atoms with Crippen molar-refractivity contribution in [1.82, 2.24) is 19.3 Å². The molecule has 0 atom stereocenters. The molecule has 5 rings (SSSR count). The fourth-order valence-electron chi connectivity index (χ4n) is 4.13. The summed E-state index contributed by atoms with van der Waals surface area (Å²) in [5, 5.41) is 12.9. The number of H-pyrrole nitrogens is 2.